The fourth-order valence-corrected chi connectivity index (χ4v) is 4.01. The van der Waals surface area contributed by atoms with Gasteiger partial charge in [0.1, 0.15) is 17.3 Å². The van der Waals surface area contributed by atoms with Crippen LogP contribution in [-0.4, -0.2) is 34.2 Å². The van der Waals surface area contributed by atoms with Gasteiger partial charge in [-0.15, -0.1) is 0 Å². The molecule has 2 aromatic carbocycles. The second-order valence-electron chi connectivity index (χ2n) is 7.39. The monoisotopic (exact) mass is 476 g/mol. The van der Waals surface area contributed by atoms with E-state index in [1.165, 1.54) is 11.8 Å². The highest BCUT2D eigenvalue weighted by atomic mass is 32.2. The van der Waals surface area contributed by atoms with Crippen molar-refractivity contribution < 1.29 is 18.7 Å². The van der Waals surface area contributed by atoms with Crippen molar-refractivity contribution in [2.75, 3.05) is 18.2 Å². The molecule has 0 radical (unpaired) electrons. The molecule has 174 valence electrons. The molecule has 4 rings (SSSR count). The number of imidazole rings is 1. The van der Waals surface area contributed by atoms with Crippen LogP contribution in [0.1, 0.15) is 21.9 Å². The smallest absolute Gasteiger partial charge is 0.251 e. The summed E-state index contributed by atoms with van der Waals surface area (Å²) in [6.45, 7) is 2.17. The highest BCUT2D eigenvalue weighted by Crippen LogP contribution is 2.22. The second kappa shape index (κ2) is 10.8. The highest BCUT2D eigenvalue weighted by Gasteiger charge is 2.12. The first kappa shape index (κ1) is 23.2. The van der Waals surface area contributed by atoms with Gasteiger partial charge in [-0.25, -0.2) is 4.98 Å². The molecular weight excluding hydrogens is 452 g/mol. The molecule has 2 amide bonds. The summed E-state index contributed by atoms with van der Waals surface area (Å²) in [6.07, 6.45) is 3.46. The van der Waals surface area contributed by atoms with E-state index < -0.39 is 0 Å². The third kappa shape index (κ3) is 5.87. The fraction of sp³-hybridized carbons (Fsp3) is 0.160. The van der Waals surface area contributed by atoms with Gasteiger partial charge in [0.25, 0.3) is 5.91 Å². The summed E-state index contributed by atoms with van der Waals surface area (Å²) in [5.41, 5.74) is 1.98. The molecule has 0 unspecified atom stereocenters. The first-order valence-electron chi connectivity index (χ1n) is 10.6. The maximum absolute atomic E-state index is 12.6. The highest BCUT2D eigenvalue weighted by molar-refractivity contribution is 7.99. The molecule has 0 saturated carbocycles. The maximum atomic E-state index is 12.6. The van der Waals surface area contributed by atoms with Crippen molar-refractivity contribution in [1.82, 2.24) is 14.9 Å². The number of thioether (sulfide) groups is 1. The summed E-state index contributed by atoms with van der Waals surface area (Å²) in [5.74, 6) is 2.06. The first-order valence-corrected chi connectivity index (χ1v) is 11.5. The van der Waals surface area contributed by atoms with E-state index in [2.05, 4.69) is 15.6 Å². The average Bonchev–Trinajstić information content (AvgIpc) is 3.50. The quantitative estimate of drug-likeness (QED) is 0.347. The van der Waals surface area contributed by atoms with Gasteiger partial charge in [0.2, 0.25) is 5.91 Å². The van der Waals surface area contributed by atoms with Crippen molar-refractivity contribution in [2.45, 2.75) is 18.6 Å². The lowest BCUT2D eigenvalue weighted by molar-refractivity contribution is -0.113. The summed E-state index contributed by atoms with van der Waals surface area (Å²) in [4.78, 5) is 29.4. The topological polar surface area (TPSA) is 98.4 Å². The number of carbonyl (C=O) groups excluding carboxylic acids is 2. The summed E-state index contributed by atoms with van der Waals surface area (Å²) in [7, 11) is 1.59. The number of carbonyl (C=O) groups is 2. The Morgan fingerprint density at radius 2 is 1.94 bits per heavy atom. The number of rotatable bonds is 9. The number of nitrogens with one attached hydrogen (secondary N) is 2. The van der Waals surface area contributed by atoms with Crippen molar-refractivity contribution in [1.29, 1.82) is 0 Å². The van der Waals surface area contributed by atoms with E-state index in [4.69, 9.17) is 9.15 Å². The van der Waals surface area contributed by atoms with Crippen LogP contribution in [0.3, 0.4) is 0 Å². The SMILES string of the molecule is COc1ccc(NC(=O)CSc2nccn2-c2cccc(C(=O)NCc3ccc(C)o3)c2)cc1. The molecule has 0 fully saturated rings. The van der Waals surface area contributed by atoms with Gasteiger partial charge in [-0.1, -0.05) is 17.8 Å². The zero-order valence-electron chi connectivity index (χ0n) is 18.8. The Kier molecular flexibility index (Phi) is 7.34. The molecule has 2 heterocycles. The predicted molar refractivity (Wildman–Crippen MR) is 131 cm³/mol. The molecule has 4 aromatic rings. The number of amides is 2. The molecule has 0 atom stereocenters. The number of methoxy groups -OCH3 is 1. The van der Waals surface area contributed by atoms with Crippen LogP contribution >= 0.6 is 11.8 Å². The van der Waals surface area contributed by atoms with Crippen LogP contribution in [0.25, 0.3) is 5.69 Å². The lowest BCUT2D eigenvalue weighted by atomic mass is 10.2. The Bertz CT molecular complexity index is 1280. The van der Waals surface area contributed by atoms with Gasteiger partial charge in [0, 0.05) is 29.3 Å². The number of benzene rings is 2. The number of aromatic nitrogens is 2. The van der Waals surface area contributed by atoms with Gasteiger partial charge in [-0.2, -0.15) is 0 Å². The second-order valence-corrected chi connectivity index (χ2v) is 8.33. The number of hydrogen-bond donors (Lipinski definition) is 2. The van der Waals surface area contributed by atoms with Crippen LogP contribution in [-0.2, 0) is 11.3 Å². The molecular formula is C25H24N4O4S. The summed E-state index contributed by atoms with van der Waals surface area (Å²) >= 11 is 1.31. The summed E-state index contributed by atoms with van der Waals surface area (Å²) in [5, 5.41) is 6.36. The van der Waals surface area contributed by atoms with Crippen LogP contribution in [0.2, 0.25) is 0 Å². The van der Waals surface area contributed by atoms with Crippen LogP contribution in [0.5, 0.6) is 5.75 Å². The van der Waals surface area contributed by atoms with E-state index in [1.807, 2.05) is 35.8 Å². The Balaban J connectivity index is 1.37. The van der Waals surface area contributed by atoms with E-state index in [1.54, 1.807) is 55.9 Å². The molecule has 0 spiro atoms. The molecule has 0 bridgehead atoms. The predicted octanol–water partition coefficient (Wildman–Crippen LogP) is 4.44. The van der Waals surface area contributed by atoms with Crippen LogP contribution in [0, 0.1) is 6.92 Å². The van der Waals surface area contributed by atoms with Crippen molar-refractivity contribution in [3.63, 3.8) is 0 Å². The molecule has 9 heteroatoms. The van der Waals surface area contributed by atoms with Gasteiger partial charge in [0.05, 0.1) is 19.4 Å². The standard InChI is InChI=1S/C25H24N4O4S/c1-17-6-9-22(33-17)15-27-24(31)18-4-3-5-20(14-18)29-13-12-26-25(29)34-16-23(30)28-19-7-10-21(32-2)11-8-19/h3-14H,15-16H2,1-2H3,(H,27,31)(H,28,30). The van der Waals surface area contributed by atoms with Crippen LogP contribution < -0.4 is 15.4 Å². The molecule has 2 aromatic heterocycles. The Hall–Kier alpha value is -3.98. The van der Waals surface area contributed by atoms with Gasteiger partial charge in [0.15, 0.2) is 5.16 Å². The zero-order valence-corrected chi connectivity index (χ0v) is 19.6. The Morgan fingerprint density at radius 1 is 1.12 bits per heavy atom. The number of ether oxygens (including phenoxy) is 1. The van der Waals surface area contributed by atoms with Gasteiger partial charge >= 0.3 is 0 Å². The van der Waals surface area contributed by atoms with Crippen LogP contribution in [0.15, 0.2) is 82.6 Å². The maximum Gasteiger partial charge on any atom is 0.251 e. The molecule has 2 N–H and O–H groups in total. The van der Waals surface area contributed by atoms with Crippen LogP contribution in [0.4, 0.5) is 5.69 Å². The first-order chi connectivity index (χ1) is 16.5. The normalized spacial score (nSPS) is 10.6. The van der Waals surface area contributed by atoms with E-state index in [-0.39, 0.29) is 17.6 Å². The van der Waals surface area contributed by atoms with E-state index in [0.717, 1.165) is 17.2 Å². The van der Waals surface area contributed by atoms with E-state index in [0.29, 0.717) is 28.7 Å². The number of furan rings is 1. The third-order valence-electron chi connectivity index (χ3n) is 4.92. The minimum absolute atomic E-state index is 0.147. The van der Waals surface area contributed by atoms with E-state index >= 15 is 0 Å². The van der Waals surface area contributed by atoms with Gasteiger partial charge in [-0.05, 0) is 61.5 Å². The van der Waals surface area contributed by atoms with Gasteiger partial charge < -0.3 is 19.8 Å². The van der Waals surface area contributed by atoms with Gasteiger partial charge in [-0.3, -0.25) is 14.2 Å². The lowest BCUT2D eigenvalue weighted by Gasteiger charge is -2.10. The van der Waals surface area contributed by atoms with Crippen molar-refractivity contribution >= 4 is 29.3 Å². The zero-order chi connectivity index (χ0) is 23.9. The fourth-order valence-electron chi connectivity index (χ4n) is 3.24. The number of nitrogens with zero attached hydrogens (tertiary/aromatic N) is 2. The Morgan fingerprint density at radius 3 is 2.68 bits per heavy atom. The minimum atomic E-state index is -0.205. The van der Waals surface area contributed by atoms with Crippen molar-refractivity contribution in [3.8, 4) is 11.4 Å². The largest absolute Gasteiger partial charge is 0.497 e. The third-order valence-corrected chi connectivity index (χ3v) is 5.89. The van der Waals surface area contributed by atoms with Crippen molar-refractivity contribution in [3.05, 3.63) is 90.1 Å². The number of anilines is 1. The molecule has 34 heavy (non-hydrogen) atoms. The molecule has 8 nitrogen and oxygen atoms in total. The van der Waals surface area contributed by atoms with Crippen molar-refractivity contribution in [2.24, 2.45) is 0 Å². The average molecular weight is 477 g/mol. The lowest BCUT2D eigenvalue weighted by Crippen LogP contribution is -2.22. The number of hydrogen-bond acceptors (Lipinski definition) is 6. The molecule has 0 saturated heterocycles. The molecule has 0 aliphatic carbocycles. The molecule has 0 aliphatic rings. The minimum Gasteiger partial charge on any atom is -0.497 e. The Labute approximate surface area is 201 Å². The van der Waals surface area contributed by atoms with E-state index in [9.17, 15) is 9.59 Å². The summed E-state index contributed by atoms with van der Waals surface area (Å²) < 4.78 is 12.5. The molecule has 0 aliphatic heterocycles. The summed E-state index contributed by atoms with van der Waals surface area (Å²) in [6, 6.07) is 18.1. The number of aryl methyl sites for hydroxylation is 1.